The van der Waals surface area contributed by atoms with Crippen molar-refractivity contribution in [3.63, 3.8) is 0 Å². The number of carboxylic acids is 1. The van der Waals surface area contributed by atoms with Crippen molar-refractivity contribution in [2.45, 2.75) is 6.92 Å². The molecule has 0 heterocycles. The van der Waals surface area contributed by atoms with Gasteiger partial charge in [0.2, 0.25) is 0 Å². The molecule has 0 aliphatic carbocycles. The molecule has 0 unspecified atom stereocenters. The highest BCUT2D eigenvalue weighted by Crippen LogP contribution is 1.58. The third-order valence-electron chi connectivity index (χ3n) is 0. The van der Waals surface area contributed by atoms with Crippen LogP contribution in [0.25, 0.3) is 0 Å². The first-order valence-corrected chi connectivity index (χ1v) is 1.54. The van der Waals surface area contributed by atoms with E-state index in [-0.39, 0.29) is 0 Å². The largest absolute Gasteiger partial charge is 0.492 e. The molecule has 0 aromatic rings. The summed E-state index contributed by atoms with van der Waals surface area (Å²) in [4.78, 5) is 17.3. The zero-order valence-corrected chi connectivity index (χ0v) is 4.09. The van der Waals surface area contributed by atoms with Crippen LogP contribution in [0.2, 0.25) is 0 Å². The second-order valence-electron chi connectivity index (χ2n) is 0.772. The average molecular weight is 124 g/mol. The Morgan fingerprint density at radius 2 is 1.38 bits per heavy atom. The lowest BCUT2D eigenvalue weighted by atomic mass is 10.9. The third-order valence-corrected chi connectivity index (χ3v) is 0. The zero-order chi connectivity index (χ0) is 7.15. The summed E-state index contributed by atoms with van der Waals surface area (Å²) in [5, 5.41) is 14.2. The number of carbonyl (C=O) groups is 2. The summed E-state index contributed by atoms with van der Waals surface area (Å²) in [6.45, 7) is 1.08. The molecule has 0 radical (unpaired) electrons. The molecule has 0 amide bonds. The van der Waals surface area contributed by atoms with Gasteiger partial charge in [-0.15, -0.1) is 4.39 Å². The highest BCUT2D eigenvalue weighted by molar-refractivity contribution is 5.62. The Kier molecular flexibility index (Phi) is 7.32. The maximum Gasteiger partial charge on any atom is 0.492 e. The SMILES string of the molecule is CC(=O)O.O=C(O)F. The van der Waals surface area contributed by atoms with E-state index in [1.165, 1.54) is 0 Å². The monoisotopic (exact) mass is 124 g/mol. The summed E-state index contributed by atoms with van der Waals surface area (Å²) in [7, 11) is 0. The van der Waals surface area contributed by atoms with E-state index < -0.39 is 12.2 Å². The molecule has 8 heavy (non-hydrogen) atoms. The summed E-state index contributed by atoms with van der Waals surface area (Å²) >= 11 is 0. The molecule has 0 fully saturated rings. The molecule has 2 N–H and O–H groups in total. The fourth-order valence-electron chi connectivity index (χ4n) is 0. The fourth-order valence-corrected chi connectivity index (χ4v) is 0. The molecule has 0 spiro atoms. The molecule has 0 saturated carbocycles. The highest BCUT2D eigenvalue weighted by Gasteiger charge is 1.74. The van der Waals surface area contributed by atoms with E-state index in [1.54, 1.807) is 0 Å². The molecule has 0 aliphatic rings. The Morgan fingerprint density at radius 1 is 1.38 bits per heavy atom. The standard InChI is InChI=1S/C2H4O2.CHFO2/c1-2(3)4;2-1(3)4/h1H3,(H,3,4);(H,3,4). The van der Waals surface area contributed by atoms with Crippen LogP contribution in [0.3, 0.4) is 0 Å². The highest BCUT2D eigenvalue weighted by atomic mass is 19.1. The first kappa shape index (κ1) is 9.98. The van der Waals surface area contributed by atoms with Crippen LogP contribution in [0.4, 0.5) is 9.18 Å². The quantitative estimate of drug-likeness (QED) is 0.466. The van der Waals surface area contributed by atoms with Gasteiger partial charge < -0.3 is 10.2 Å². The van der Waals surface area contributed by atoms with Gasteiger partial charge in [0.1, 0.15) is 0 Å². The van der Waals surface area contributed by atoms with Gasteiger partial charge in [0.15, 0.2) is 0 Å². The van der Waals surface area contributed by atoms with Crippen molar-refractivity contribution in [3.8, 4) is 0 Å². The minimum Gasteiger partial charge on any atom is -0.481 e. The molecule has 0 aromatic carbocycles. The van der Waals surface area contributed by atoms with Crippen molar-refractivity contribution >= 4 is 12.2 Å². The Morgan fingerprint density at radius 3 is 1.38 bits per heavy atom. The van der Waals surface area contributed by atoms with Crippen molar-refractivity contribution < 1.29 is 24.2 Å². The number of hydrogen-bond acceptors (Lipinski definition) is 2. The van der Waals surface area contributed by atoms with Crippen LogP contribution in [-0.2, 0) is 4.79 Å². The summed E-state index contributed by atoms with van der Waals surface area (Å²) in [5.74, 6) is -0.833. The lowest BCUT2D eigenvalue weighted by Crippen LogP contribution is -1.78. The lowest BCUT2D eigenvalue weighted by molar-refractivity contribution is -0.134. The van der Waals surface area contributed by atoms with E-state index in [0.29, 0.717) is 0 Å². The van der Waals surface area contributed by atoms with E-state index in [1.807, 2.05) is 0 Å². The minimum absolute atomic E-state index is 0.833. The number of halogens is 1. The van der Waals surface area contributed by atoms with Crippen LogP contribution in [0.1, 0.15) is 6.92 Å². The number of carboxylic acid groups (broad SMARTS) is 2. The molecule has 0 bridgehead atoms. The molecular weight excluding hydrogens is 119 g/mol. The minimum atomic E-state index is -2.33. The van der Waals surface area contributed by atoms with Crippen LogP contribution in [0.15, 0.2) is 0 Å². The molecule has 0 rings (SSSR count). The van der Waals surface area contributed by atoms with Crippen molar-refractivity contribution in [2.75, 3.05) is 0 Å². The van der Waals surface area contributed by atoms with Gasteiger partial charge in [-0.1, -0.05) is 0 Å². The first-order valence-electron chi connectivity index (χ1n) is 1.54. The Labute approximate surface area is 44.6 Å². The van der Waals surface area contributed by atoms with Crippen LogP contribution in [-0.4, -0.2) is 22.4 Å². The molecule has 48 valence electrons. The van der Waals surface area contributed by atoms with E-state index >= 15 is 0 Å². The van der Waals surface area contributed by atoms with Crippen LogP contribution in [0, 0.1) is 0 Å². The van der Waals surface area contributed by atoms with Crippen LogP contribution in [0.5, 0.6) is 0 Å². The van der Waals surface area contributed by atoms with E-state index in [4.69, 9.17) is 19.8 Å². The maximum absolute atomic E-state index is 9.92. The predicted octanol–water partition coefficient (Wildman–Crippen LogP) is 0.725. The van der Waals surface area contributed by atoms with Crippen molar-refractivity contribution in [1.29, 1.82) is 0 Å². The third kappa shape index (κ3) is 57.1. The van der Waals surface area contributed by atoms with Gasteiger partial charge in [-0.25, -0.2) is 4.79 Å². The molecule has 5 heteroatoms. The van der Waals surface area contributed by atoms with E-state index in [9.17, 15) is 4.39 Å². The fraction of sp³-hybridized carbons (Fsp3) is 0.333. The maximum atomic E-state index is 9.92. The zero-order valence-electron chi connectivity index (χ0n) is 4.09. The average Bonchev–Trinajstić information content (AvgIpc) is 1.25. The molecule has 4 nitrogen and oxygen atoms in total. The van der Waals surface area contributed by atoms with E-state index in [0.717, 1.165) is 6.92 Å². The Hall–Kier alpha value is -1.13. The summed E-state index contributed by atoms with van der Waals surface area (Å²) < 4.78 is 9.92. The van der Waals surface area contributed by atoms with Gasteiger partial charge in [0, 0.05) is 6.92 Å². The summed E-state index contributed by atoms with van der Waals surface area (Å²) in [5.41, 5.74) is 0. The molecular formula is C3H5FO4. The van der Waals surface area contributed by atoms with Gasteiger partial charge >= 0.3 is 6.22 Å². The number of hydrogen-bond donors (Lipinski definition) is 2. The second kappa shape index (κ2) is 5.87. The molecule has 0 saturated heterocycles. The lowest BCUT2D eigenvalue weighted by Gasteiger charge is -1.59. The van der Waals surface area contributed by atoms with Gasteiger partial charge in [-0.05, 0) is 0 Å². The molecule has 0 aromatic heterocycles. The van der Waals surface area contributed by atoms with Crippen molar-refractivity contribution in [3.05, 3.63) is 0 Å². The molecule has 0 atom stereocenters. The predicted molar refractivity (Wildman–Crippen MR) is 22.4 cm³/mol. The van der Waals surface area contributed by atoms with Crippen molar-refractivity contribution in [1.82, 2.24) is 0 Å². The second-order valence-corrected chi connectivity index (χ2v) is 0.772. The summed E-state index contributed by atoms with van der Waals surface area (Å²) in [6, 6.07) is 0. The Bertz CT molecular complexity index is 69.3. The smallest absolute Gasteiger partial charge is 0.481 e. The van der Waals surface area contributed by atoms with Gasteiger partial charge in [-0.2, -0.15) is 0 Å². The summed E-state index contributed by atoms with van der Waals surface area (Å²) in [6.07, 6.45) is -2.33. The number of rotatable bonds is 0. The van der Waals surface area contributed by atoms with Crippen LogP contribution < -0.4 is 0 Å². The topological polar surface area (TPSA) is 74.6 Å². The van der Waals surface area contributed by atoms with Gasteiger partial charge in [0.25, 0.3) is 5.97 Å². The normalized spacial score (nSPS) is 6.25. The van der Waals surface area contributed by atoms with Crippen molar-refractivity contribution in [2.24, 2.45) is 0 Å². The number of aliphatic carboxylic acids is 1. The van der Waals surface area contributed by atoms with Crippen LogP contribution >= 0.6 is 0 Å². The van der Waals surface area contributed by atoms with E-state index in [2.05, 4.69) is 0 Å². The Balaban J connectivity index is 0. The first-order chi connectivity index (χ1) is 3.46. The molecule has 0 aliphatic heterocycles. The van der Waals surface area contributed by atoms with Gasteiger partial charge in [0.05, 0.1) is 0 Å². The van der Waals surface area contributed by atoms with Gasteiger partial charge in [-0.3, -0.25) is 4.79 Å².